The number of benzene rings is 2. The van der Waals surface area contributed by atoms with Crippen LogP contribution in [0.3, 0.4) is 0 Å². The van der Waals surface area contributed by atoms with E-state index in [-0.39, 0.29) is 17.6 Å². The summed E-state index contributed by atoms with van der Waals surface area (Å²) >= 11 is 0. The third-order valence-electron chi connectivity index (χ3n) is 5.48. The zero-order chi connectivity index (χ0) is 22.3. The number of ether oxygens (including phenoxy) is 1. The van der Waals surface area contributed by atoms with Crippen molar-refractivity contribution in [3.63, 3.8) is 0 Å². The molecule has 1 aliphatic heterocycles. The van der Waals surface area contributed by atoms with Crippen LogP contribution in [0.25, 0.3) is 11.4 Å². The number of carbonyl (C=O) groups excluding carboxylic acids is 1. The molecule has 1 unspecified atom stereocenters. The third kappa shape index (κ3) is 5.70. The molecule has 1 N–H and O–H groups in total. The number of nitrogens with one attached hydrogen (secondary N) is 1. The first-order valence-corrected chi connectivity index (χ1v) is 10.9. The molecule has 1 amide bonds. The number of carbonyl (C=O) groups is 1. The molecular weight excluding hydrogens is 411 g/mol. The Morgan fingerprint density at radius 1 is 1.28 bits per heavy atom. The average molecular weight is 439 g/mol. The monoisotopic (exact) mass is 438 g/mol. The van der Waals surface area contributed by atoms with Gasteiger partial charge >= 0.3 is 0 Å². The fourth-order valence-electron chi connectivity index (χ4n) is 3.89. The predicted octanol–water partition coefficient (Wildman–Crippen LogP) is 3.80. The van der Waals surface area contributed by atoms with Crippen molar-refractivity contribution in [3.8, 4) is 17.1 Å². The maximum atomic E-state index is 13.1. The molecule has 168 valence electrons. The summed E-state index contributed by atoms with van der Waals surface area (Å²) in [5.41, 5.74) is 1.71. The van der Waals surface area contributed by atoms with Crippen LogP contribution in [0.5, 0.6) is 5.75 Å². The number of rotatable bonds is 8. The van der Waals surface area contributed by atoms with Gasteiger partial charge in [0.15, 0.2) is 0 Å². The predicted molar refractivity (Wildman–Crippen MR) is 117 cm³/mol. The van der Waals surface area contributed by atoms with Crippen LogP contribution in [0, 0.1) is 11.7 Å². The number of piperidine rings is 1. The van der Waals surface area contributed by atoms with Crippen LogP contribution in [0.2, 0.25) is 0 Å². The molecule has 0 aliphatic carbocycles. The van der Waals surface area contributed by atoms with E-state index in [2.05, 4.69) is 20.4 Å². The molecule has 0 saturated carbocycles. The Morgan fingerprint density at radius 2 is 2.12 bits per heavy atom. The van der Waals surface area contributed by atoms with Crippen molar-refractivity contribution in [3.05, 3.63) is 65.8 Å². The number of hydrogen-bond acceptors (Lipinski definition) is 6. The normalized spacial score (nSPS) is 16.6. The standard InChI is InChI=1S/C24H27FN4O3/c1-2-31-21-7-3-5-17(13-21)14-26-24(30)19-6-4-12-29(15-19)16-22-27-23(28-32-22)18-8-10-20(25)11-9-18/h3,5,7-11,13,19H,2,4,6,12,14-16H2,1H3,(H,26,30). The molecule has 1 atom stereocenters. The van der Waals surface area contributed by atoms with Gasteiger partial charge in [0.1, 0.15) is 11.6 Å². The minimum atomic E-state index is -0.308. The van der Waals surface area contributed by atoms with Crippen molar-refractivity contribution < 1.29 is 18.4 Å². The van der Waals surface area contributed by atoms with Crippen LogP contribution < -0.4 is 10.1 Å². The first-order valence-electron chi connectivity index (χ1n) is 10.9. The lowest BCUT2D eigenvalue weighted by Gasteiger charge is -2.30. The highest BCUT2D eigenvalue weighted by Gasteiger charge is 2.26. The Morgan fingerprint density at radius 3 is 2.94 bits per heavy atom. The quantitative estimate of drug-likeness (QED) is 0.576. The van der Waals surface area contributed by atoms with Gasteiger partial charge in [-0.05, 0) is 68.3 Å². The van der Waals surface area contributed by atoms with Crippen LogP contribution in [-0.4, -0.2) is 40.6 Å². The molecule has 32 heavy (non-hydrogen) atoms. The van der Waals surface area contributed by atoms with Crippen LogP contribution in [0.15, 0.2) is 53.1 Å². The molecule has 1 saturated heterocycles. The highest BCUT2D eigenvalue weighted by Crippen LogP contribution is 2.21. The van der Waals surface area contributed by atoms with E-state index in [1.165, 1.54) is 12.1 Å². The molecule has 2 heterocycles. The van der Waals surface area contributed by atoms with Crippen LogP contribution >= 0.6 is 0 Å². The number of aromatic nitrogens is 2. The van der Waals surface area contributed by atoms with Crippen molar-refractivity contribution >= 4 is 5.91 Å². The molecule has 8 heteroatoms. The molecule has 4 rings (SSSR count). The maximum Gasteiger partial charge on any atom is 0.241 e. The number of likely N-dealkylation sites (tertiary alicyclic amines) is 1. The first-order chi connectivity index (χ1) is 15.6. The highest BCUT2D eigenvalue weighted by molar-refractivity contribution is 5.79. The summed E-state index contributed by atoms with van der Waals surface area (Å²) in [4.78, 5) is 19.3. The Hall–Kier alpha value is -3.26. The lowest BCUT2D eigenvalue weighted by atomic mass is 9.97. The molecule has 0 bridgehead atoms. The van der Waals surface area contributed by atoms with Gasteiger partial charge in [0.25, 0.3) is 0 Å². The van der Waals surface area contributed by atoms with Gasteiger partial charge in [-0.3, -0.25) is 9.69 Å². The molecule has 7 nitrogen and oxygen atoms in total. The Labute approximate surface area is 186 Å². The van der Waals surface area contributed by atoms with Gasteiger partial charge < -0.3 is 14.6 Å². The zero-order valence-electron chi connectivity index (χ0n) is 18.1. The second-order valence-corrected chi connectivity index (χ2v) is 7.89. The summed E-state index contributed by atoms with van der Waals surface area (Å²) in [7, 11) is 0. The van der Waals surface area contributed by atoms with E-state index in [1.54, 1.807) is 12.1 Å². The lowest BCUT2D eigenvalue weighted by Crippen LogP contribution is -2.42. The molecule has 3 aromatic rings. The summed E-state index contributed by atoms with van der Waals surface area (Å²) in [5, 5.41) is 7.04. The van der Waals surface area contributed by atoms with Crippen molar-refractivity contribution in [1.82, 2.24) is 20.4 Å². The summed E-state index contributed by atoms with van der Waals surface area (Å²) < 4.78 is 24.0. The first kappa shape index (κ1) is 22.0. The number of amides is 1. The topological polar surface area (TPSA) is 80.5 Å². The molecule has 1 aliphatic rings. The summed E-state index contributed by atoms with van der Waals surface area (Å²) in [6.07, 6.45) is 1.78. The fourth-order valence-corrected chi connectivity index (χ4v) is 3.89. The summed E-state index contributed by atoms with van der Waals surface area (Å²) in [6.45, 7) is 5.02. The Bertz CT molecular complexity index is 1040. The van der Waals surface area contributed by atoms with E-state index in [0.717, 1.165) is 30.7 Å². The van der Waals surface area contributed by atoms with E-state index in [9.17, 15) is 9.18 Å². The van der Waals surface area contributed by atoms with Gasteiger partial charge in [0.05, 0.1) is 19.1 Å². The second kappa shape index (κ2) is 10.4. The van der Waals surface area contributed by atoms with Crippen LogP contribution in [-0.2, 0) is 17.9 Å². The Balaban J connectivity index is 1.30. The highest BCUT2D eigenvalue weighted by atomic mass is 19.1. The number of hydrogen-bond donors (Lipinski definition) is 1. The van der Waals surface area contributed by atoms with Gasteiger partial charge in [-0.25, -0.2) is 4.39 Å². The maximum absolute atomic E-state index is 13.1. The van der Waals surface area contributed by atoms with Gasteiger partial charge in [-0.15, -0.1) is 0 Å². The van der Waals surface area contributed by atoms with Gasteiger partial charge in [-0.1, -0.05) is 17.3 Å². The van der Waals surface area contributed by atoms with Crippen LogP contribution in [0.1, 0.15) is 31.2 Å². The molecule has 1 aromatic heterocycles. The molecular formula is C24H27FN4O3. The van der Waals surface area contributed by atoms with Gasteiger partial charge in [0, 0.05) is 18.7 Å². The third-order valence-corrected chi connectivity index (χ3v) is 5.48. The number of halogens is 1. The van der Waals surface area contributed by atoms with Crippen molar-refractivity contribution in [1.29, 1.82) is 0 Å². The minimum Gasteiger partial charge on any atom is -0.494 e. The average Bonchev–Trinajstić information content (AvgIpc) is 3.27. The minimum absolute atomic E-state index is 0.0500. The van der Waals surface area contributed by atoms with E-state index in [1.807, 2.05) is 31.2 Å². The number of nitrogens with zero attached hydrogens (tertiary/aromatic N) is 3. The second-order valence-electron chi connectivity index (χ2n) is 7.89. The van der Waals surface area contributed by atoms with E-state index < -0.39 is 0 Å². The lowest BCUT2D eigenvalue weighted by molar-refractivity contribution is -0.127. The van der Waals surface area contributed by atoms with Crippen LogP contribution in [0.4, 0.5) is 4.39 Å². The fraction of sp³-hybridized carbons (Fsp3) is 0.375. The van der Waals surface area contributed by atoms with Crippen molar-refractivity contribution in [2.75, 3.05) is 19.7 Å². The van der Waals surface area contributed by atoms with Crippen molar-refractivity contribution in [2.24, 2.45) is 5.92 Å². The largest absolute Gasteiger partial charge is 0.494 e. The van der Waals surface area contributed by atoms with Crippen molar-refractivity contribution in [2.45, 2.75) is 32.9 Å². The SMILES string of the molecule is CCOc1cccc(CNC(=O)C2CCCN(Cc3nc(-c4ccc(F)cc4)no3)C2)c1. The molecule has 0 spiro atoms. The molecule has 0 radical (unpaired) electrons. The molecule has 1 fully saturated rings. The summed E-state index contributed by atoms with van der Waals surface area (Å²) in [5.74, 6) is 1.38. The van der Waals surface area contributed by atoms with E-state index in [4.69, 9.17) is 9.26 Å². The smallest absolute Gasteiger partial charge is 0.241 e. The van der Waals surface area contributed by atoms with Gasteiger partial charge in [0.2, 0.25) is 17.6 Å². The Kier molecular flexibility index (Phi) is 7.11. The van der Waals surface area contributed by atoms with E-state index >= 15 is 0 Å². The molecule has 2 aromatic carbocycles. The van der Waals surface area contributed by atoms with E-state index in [0.29, 0.717) is 43.5 Å². The summed E-state index contributed by atoms with van der Waals surface area (Å²) in [6, 6.07) is 13.7. The van der Waals surface area contributed by atoms with Gasteiger partial charge in [-0.2, -0.15) is 4.98 Å². The zero-order valence-corrected chi connectivity index (χ0v) is 18.1.